The standard InChI is InChI=1S/C12H14N4O/c1-16(12(17)11-5-6-14-15-11)8-9-3-2-4-10(13)7-9/h2-7H,8,13H2,1H3,(H,14,15). The topological polar surface area (TPSA) is 75.0 Å². The number of aromatic nitrogens is 2. The Hall–Kier alpha value is -2.30. The van der Waals surface area contributed by atoms with E-state index in [-0.39, 0.29) is 5.91 Å². The summed E-state index contributed by atoms with van der Waals surface area (Å²) < 4.78 is 0. The van der Waals surface area contributed by atoms with Gasteiger partial charge in [0.1, 0.15) is 5.69 Å². The van der Waals surface area contributed by atoms with E-state index in [1.165, 1.54) is 0 Å². The van der Waals surface area contributed by atoms with Gasteiger partial charge in [-0.1, -0.05) is 12.1 Å². The molecule has 2 rings (SSSR count). The van der Waals surface area contributed by atoms with Crippen molar-refractivity contribution in [2.75, 3.05) is 12.8 Å². The summed E-state index contributed by atoms with van der Waals surface area (Å²) in [5.74, 6) is -0.0927. The van der Waals surface area contributed by atoms with Gasteiger partial charge in [0.15, 0.2) is 0 Å². The number of carbonyl (C=O) groups is 1. The van der Waals surface area contributed by atoms with Crippen LogP contribution < -0.4 is 5.73 Å². The fourth-order valence-electron chi connectivity index (χ4n) is 1.62. The predicted molar refractivity (Wildman–Crippen MR) is 65.2 cm³/mol. The quantitative estimate of drug-likeness (QED) is 0.779. The summed E-state index contributed by atoms with van der Waals surface area (Å²) in [5, 5.41) is 6.40. The number of anilines is 1. The molecule has 2 aromatic rings. The van der Waals surface area contributed by atoms with Crippen LogP contribution in [-0.2, 0) is 6.54 Å². The summed E-state index contributed by atoms with van der Waals surface area (Å²) in [6, 6.07) is 9.14. The number of aromatic amines is 1. The molecule has 5 heteroatoms. The molecule has 0 spiro atoms. The third kappa shape index (κ3) is 2.63. The first-order valence-corrected chi connectivity index (χ1v) is 5.26. The summed E-state index contributed by atoms with van der Waals surface area (Å²) in [7, 11) is 1.74. The summed E-state index contributed by atoms with van der Waals surface area (Å²) in [4.78, 5) is 13.5. The fraction of sp³-hybridized carbons (Fsp3) is 0.167. The molecule has 1 aromatic carbocycles. The van der Waals surface area contributed by atoms with Crippen LogP contribution in [0.25, 0.3) is 0 Å². The SMILES string of the molecule is CN(Cc1cccc(N)c1)C(=O)c1ccn[nH]1. The second-order valence-electron chi connectivity index (χ2n) is 3.88. The highest BCUT2D eigenvalue weighted by atomic mass is 16.2. The Balaban J connectivity index is 2.07. The van der Waals surface area contributed by atoms with Gasteiger partial charge < -0.3 is 10.6 Å². The van der Waals surface area contributed by atoms with Crippen molar-refractivity contribution in [3.63, 3.8) is 0 Å². The molecule has 5 nitrogen and oxygen atoms in total. The van der Waals surface area contributed by atoms with Crippen molar-refractivity contribution in [1.82, 2.24) is 15.1 Å². The van der Waals surface area contributed by atoms with Gasteiger partial charge in [-0.25, -0.2) is 0 Å². The minimum Gasteiger partial charge on any atom is -0.399 e. The van der Waals surface area contributed by atoms with E-state index in [1.54, 1.807) is 24.2 Å². The molecular weight excluding hydrogens is 216 g/mol. The van der Waals surface area contributed by atoms with E-state index >= 15 is 0 Å². The van der Waals surface area contributed by atoms with Crippen molar-refractivity contribution in [1.29, 1.82) is 0 Å². The van der Waals surface area contributed by atoms with Crippen LogP contribution in [0.1, 0.15) is 16.1 Å². The molecule has 0 aliphatic rings. The Labute approximate surface area is 99.2 Å². The van der Waals surface area contributed by atoms with Crippen LogP contribution in [-0.4, -0.2) is 28.1 Å². The third-order valence-corrected chi connectivity index (χ3v) is 2.45. The lowest BCUT2D eigenvalue weighted by Crippen LogP contribution is -2.26. The Morgan fingerprint density at radius 3 is 2.94 bits per heavy atom. The van der Waals surface area contributed by atoms with E-state index in [0.29, 0.717) is 17.9 Å². The van der Waals surface area contributed by atoms with Gasteiger partial charge in [0.05, 0.1) is 0 Å². The van der Waals surface area contributed by atoms with Crippen LogP contribution in [0.5, 0.6) is 0 Å². The van der Waals surface area contributed by atoms with Crippen molar-refractivity contribution in [2.45, 2.75) is 6.54 Å². The molecule has 1 amide bonds. The van der Waals surface area contributed by atoms with Crippen LogP contribution in [0.3, 0.4) is 0 Å². The minimum atomic E-state index is -0.0927. The largest absolute Gasteiger partial charge is 0.399 e. The van der Waals surface area contributed by atoms with Gasteiger partial charge in [0.25, 0.3) is 5.91 Å². The number of amides is 1. The molecule has 0 unspecified atom stereocenters. The lowest BCUT2D eigenvalue weighted by Gasteiger charge is -2.16. The second-order valence-corrected chi connectivity index (χ2v) is 3.88. The smallest absolute Gasteiger partial charge is 0.271 e. The summed E-state index contributed by atoms with van der Waals surface area (Å²) in [5.41, 5.74) is 7.87. The zero-order valence-electron chi connectivity index (χ0n) is 9.55. The average molecular weight is 230 g/mol. The Morgan fingerprint density at radius 1 is 1.47 bits per heavy atom. The van der Waals surface area contributed by atoms with E-state index in [2.05, 4.69) is 10.2 Å². The number of rotatable bonds is 3. The van der Waals surface area contributed by atoms with Gasteiger partial charge >= 0.3 is 0 Å². The van der Waals surface area contributed by atoms with Crippen LogP contribution in [0.2, 0.25) is 0 Å². The molecule has 0 aliphatic carbocycles. The highest BCUT2D eigenvalue weighted by Gasteiger charge is 2.12. The Morgan fingerprint density at radius 2 is 2.29 bits per heavy atom. The minimum absolute atomic E-state index is 0.0927. The zero-order valence-corrected chi connectivity index (χ0v) is 9.55. The van der Waals surface area contributed by atoms with Crippen LogP contribution in [0, 0.1) is 0 Å². The predicted octanol–water partition coefficient (Wildman–Crippen LogP) is 1.26. The van der Waals surface area contributed by atoms with Gasteiger partial charge in [-0.2, -0.15) is 5.10 Å². The fourth-order valence-corrected chi connectivity index (χ4v) is 1.62. The average Bonchev–Trinajstić information content (AvgIpc) is 2.81. The number of hydrogen-bond acceptors (Lipinski definition) is 3. The highest BCUT2D eigenvalue weighted by molar-refractivity contribution is 5.91. The van der Waals surface area contributed by atoms with Crippen LogP contribution >= 0.6 is 0 Å². The number of nitrogens with one attached hydrogen (secondary N) is 1. The number of nitrogens with zero attached hydrogens (tertiary/aromatic N) is 2. The molecule has 1 heterocycles. The number of benzene rings is 1. The van der Waals surface area contributed by atoms with Gasteiger partial charge in [0, 0.05) is 25.5 Å². The van der Waals surface area contributed by atoms with Crippen molar-refractivity contribution >= 4 is 11.6 Å². The number of hydrogen-bond donors (Lipinski definition) is 2. The molecule has 17 heavy (non-hydrogen) atoms. The maximum Gasteiger partial charge on any atom is 0.271 e. The lowest BCUT2D eigenvalue weighted by atomic mass is 10.2. The lowest BCUT2D eigenvalue weighted by molar-refractivity contribution is 0.0779. The highest BCUT2D eigenvalue weighted by Crippen LogP contribution is 2.10. The first-order chi connectivity index (χ1) is 8.16. The molecule has 0 atom stereocenters. The van der Waals surface area contributed by atoms with Crippen molar-refractivity contribution in [2.24, 2.45) is 0 Å². The van der Waals surface area contributed by atoms with Gasteiger partial charge in [-0.05, 0) is 23.8 Å². The first-order valence-electron chi connectivity index (χ1n) is 5.26. The normalized spacial score (nSPS) is 10.2. The second kappa shape index (κ2) is 4.69. The Kier molecular flexibility index (Phi) is 3.09. The van der Waals surface area contributed by atoms with Crippen molar-refractivity contribution in [3.8, 4) is 0 Å². The van der Waals surface area contributed by atoms with Gasteiger partial charge in [-0.15, -0.1) is 0 Å². The number of H-pyrrole nitrogens is 1. The maximum absolute atomic E-state index is 11.9. The maximum atomic E-state index is 11.9. The molecular formula is C12H14N4O. The summed E-state index contributed by atoms with van der Waals surface area (Å²) in [6.45, 7) is 0.517. The molecule has 1 aromatic heterocycles. The molecule has 0 fully saturated rings. The van der Waals surface area contributed by atoms with Gasteiger partial charge in [0.2, 0.25) is 0 Å². The van der Waals surface area contributed by atoms with E-state index < -0.39 is 0 Å². The molecule has 0 saturated heterocycles. The van der Waals surface area contributed by atoms with Crippen LogP contribution in [0.15, 0.2) is 36.5 Å². The zero-order chi connectivity index (χ0) is 12.3. The molecule has 0 saturated carbocycles. The number of nitrogens with two attached hydrogens (primary N) is 1. The van der Waals surface area contributed by atoms with E-state index in [9.17, 15) is 4.79 Å². The van der Waals surface area contributed by atoms with Crippen LogP contribution in [0.4, 0.5) is 5.69 Å². The molecule has 3 N–H and O–H groups in total. The van der Waals surface area contributed by atoms with Crippen molar-refractivity contribution < 1.29 is 4.79 Å². The van der Waals surface area contributed by atoms with E-state index in [0.717, 1.165) is 5.56 Å². The number of carbonyl (C=O) groups excluding carboxylic acids is 1. The molecule has 0 radical (unpaired) electrons. The van der Waals surface area contributed by atoms with Gasteiger partial charge in [-0.3, -0.25) is 9.89 Å². The van der Waals surface area contributed by atoms with E-state index in [1.807, 2.05) is 24.3 Å². The summed E-state index contributed by atoms with van der Waals surface area (Å²) in [6.07, 6.45) is 1.56. The Bertz CT molecular complexity index is 507. The third-order valence-electron chi connectivity index (χ3n) is 2.45. The molecule has 0 aliphatic heterocycles. The van der Waals surface area contributed by atoms with E-state index in [4.69, 9.17) is 5.73 Å². The molecule has 88 valence electrons. The summed E-state index contributed by atoms with van der Waals surface area (Å²) >= 11 is 0. The molecule has 0 bridgehead atoms. The number of nitrogen functional groups attached to an aromatic ring is 1. The van der Waals surface area contributed by atoms with Crippen molar-refractivity contribution in [3.05, 3.63) is 47.8 Å². The first kappa shape index (κ1) is 11.2. The monoisotopic (exact) mass is 230 g/mol.